The first-order chi connectivity index (χ1) is 11.3. The molecule has 2 N–H and O–H groups in total. The summed E-state index contributed by atoms with van der Waals surface area (Å²) >= 11 is 0. The third kappa shape index (κ3) is 4.45. The molecule has 1 saturated heterocycles. The molecule has 0 bridgehead atoms. The summed E-state index contributed by atoms with van der Waals surface area (Å²) in [6.45, 7) is 2.37. The van der Waals surface area contributed by atoms with Crippen molar-refractivity contribution in [3.8, 4) is 0 Å². The van der Waals surface area contributed by atoms with Gasteiger partial charge in [0.05, 0.1) is 18.4 Å². The van der Waals surface area contributed by atoms with Crippen molar-refractivity contribution < 1.29 is 4.79 Å². The Morgan fingerprint density at radius 3 is 2.48 bits per heavy atom. The molecule has 0 saturated carbocycles. The van der Waals surface area contributed by atoms with Crippen LogP contribution in [-0.4, -0.2) is 30.5 Å². The summed E-state index contributed by atoms with van der Waals surface area (Å²) < 4.78 is 0. The lowest BCUT2D eigenvalue weighted by atomic mass is 10.1. The lowest BCUT2D eigenvalue weighted by Gasteiger charge is -2.27. The Labute approximate surface area is 136 Å². The number of nitrogens with one attached hydrogen (secondary N) is 2. The highest BCUT2D eigenvalue weighted by Crippen LogP contribution is 2.18. The molecule has 1 aliphatic rings. The van der Waals surface area contributed by atoms with Crippen molar-refractivity contribution in [1.82, 2.24) is 4.98 Å². The lowest BCUT2D eigenvalue weighted by Crippen LogP contribution is -2.30. The van der Waals surface area contributed by atoms with E-state index in [-0.39, 0.29) is 12.5 Å². The minimum Gasteiger partial charge on any atom is -0.376 e. The van der Waals surface area contributed by atoms with Gasteiger partial charge in [0.25, 0.3) is 0 Å². The fraction of sp³-hybridized carbons (Fsp3) is 0.333. The molecule has 1 aromatic heterocycles. The topological polar surface area (TPSA) is 57.3 Å². The molecule has 1 fully saturated rings. The van der Waals surface area contributed by atoms with Gasteiger partial charge in [-0.15, -0.1) is 0 Å². The maximum Gasteiger partial charge on any atom is 0.243 e. The number of amides is 1. The van der Waals surface area contributed by atoms with Crippen LogP contribution in [0.15, 0.2) is 48.7 Å². The van der Waals surface area contributed by atoms with Crippen LogP contribution in [0.3, 0.4) is 0 Å². The summed E-state index contributed by atoms with van der Waals surface area (Å²) in [5.41, 5.74) is 1.66. The van der Waals surface area contributed by atoms with E-state index in [0.29, 0.717) is 0 Å². The number of para-hydroxylation sites is 1. The van der Waals surface area contributed by atoms with E-state index in [1.54, 1.807) is 6.20 Å². The molecule has 3 rings (SSSR count). The zero-order valence-corrected chi connectivity index (χ0v) is 13.2. The van der Waals surface area contributed by atoms with Crippen LogP contribution in [0.4, 0.5) is 17.2 Å². The minimum atomic E-state index is -0.0821. The van der Waals surface area contributed by atoms with Gasteiger partial charge in [0.15, 0.2) is 0 Å². The summed E-state index contributed by atoms with van der Waals surface area (Å²) in [6.07, 6.45) is 5.49. The molecule has 0 radical (unpaired) electrons. The van der Waals surface area contributed by atoms with E-state index in [9.17, 15) is 4.79 Å². The maximum absolute atomic E-state index is 12.0. The number of pyridine rings is 1. The first kappa shape index (κ1) is 15.3. The number of carbonyl (C=O) groups is 1. The van der Waals surface area contributed by atoms with E-state index in [2.05, 4.69) is 20.5 Å². The highest BCUT2D eigenvalue weighted by molar-refractivity contribution is 5.93. The van der Waals surface area contributed by atoms with Gasteiger partial charge in [-0.25, -0.2) is 4.98 Å². The third-order valence-electron chi connectivity index (χ3n) is 3.94. The van der Waals surface area contributed by atoms with E-state index >= 15 is 0 Å². The number of rotatable bonds is 5. The molecule has 0 atom stereocenters. The van der Waals surface area contributed by atoms with Gasteiger partial charge in [0, 0.05) is 18.8 Å². The van der Waals surface area contributed by atoms with Gasteiger partial charge in [0.1, 0.15) is 5.82 Å². The van der Waals surface area contributed by atoms with Gasteiger partial charge in [-0.05, 0) is 43.5 Å². The van der Waals surface area contributed by atoms with Crippen LogP contribution in [0.5, 0.6) is 0 Å². The number of piperidine rings is 1. The molecule has 23 heavy (non-hydrogen) atoms. The van der Waals surface area contributed by atoms with Crippen molar-refractivity contribution in [2.45, 2.75) is 19.3 Å². The van der Waals surface area contributed by atoms with Crippen LogP contribution in [0.2, 0.25) is 0 Å². The summed E-state index contributed by atoms with van der Waals surface area (Å²) in [5, 5.41) is 5.95. The first-order valence-electron chi connectivity index (χ1n) is 8.11. The molecule has 0 aliphatic carbocycles. The van der Waals surface area contributed by atoms with E-state index < -0.39 is 0 Å². The normalized spacial score (nSPS) is 14.3. The number of nitrogens with zero attached hydrogens (tertiary/aromatic N) is 2. The van der Waals surface area contributed by atoms with E-state index in [1.165, 1.54) is 19.3 Å². The average molecular weight is 310 g/mol. The van der Waals surface area contributed by atoms with Crippen molar-refractivity contribution in [1.29, 1.82) is 0 Å². The molecule has 0 spiro atoms. The molecule has 1 aromatic carbocycles. The predicted octanol–water partition coefficient (Wildman–Crippen LogP) is 3.12. The molecule has 1 amide bonds. The quantitative estimate of drug-likeness (QED) is 0.891. The monoisotopic (exact) mass is 310 g/mol. The molecule has 5 nitrogen and oxygen atoms in total. The van der Waals surface area contributed by atoms with E-state index in [1.807, 2.05) is 42.5 Å². The summed E-state index contributed by atoms with van der Waals surface area (Å²) in [4.78, 5) is 18.7. The fourth-order valence-electron chi connectivity index (χ4n) is 2.71. The van der Waals surface area contributed by atoms with Crippen LogP contribution >= 0.6 is 0 Å². The second-order valence-electron chi connectivity index (χ2n) is 5.72. The van der Waals surface area contributed by atoms with Crippen LogP contribution < -0.4 is 15.5 Å². The number of carbonyl (C=O) groups excluding carboxylic acids is 1. The Hall–Kier alpha value is -2.56. The second-order valence-corrected chi connectivity index (χ2v) is 5.72. The Kier molecular flexibility index (Phi) is 5.09. The van der Waals surface area contributed by atoms with Gasteiger partial charge < -0.3 is 15.5 Å². The molecule has 120 valence electrons. The maximum atomic E-state index is 12.0. The zero-order chi connectivity index (χ0) is 15.9. The Morgan fingerprint density at radius 2 is 1.78 bits per heavy atom. The van der Waals surface area contributed by atoms with Gasteiger partial charge >= 0.3 is 0 Å². The van der Waals surface area contributed by atoms with Gasteiger partial charge in [-0.3, -0.25) is 4.79 Å². The molecule has 1 aliphatic heterocycles. The Bertz CT molecular complexity index is 621. The zero-order valence-electron chi connectivity index (χ0n) is 13.2. The van der Waals surface area contributed by atoms with Crippen LogP contribution in [0, 0.1) is 0 Å². The first-order valence-corrected chi connectivity index (χ1v) is 8.11. The standard InChI is InChI=1S/C18H22N4O/c23-18(14-19-15-7-3-1-4-8-15)21-16-9-10-17(20-13-16)22-11-5-2-6-12-22/h1,3-4,7-10,13,19H,2,5-6,11-12,14H2,(H,21,23). The van der Waals surface area contributed by atoms with Crippen molar-refractivity contribution in [2.24, 2.45) is 0 Å². The second kappa shape index (κ2) is 7.63. The average Bonchev–Trinajstić information content (AvgIpc) is 2.62. The Balaban J connectivity index is 1.50. The number of aromatic nitrogens is 1. The molecule has 2 aromatic rings. The minimum absolute atomic E-state index is 0.0821. The number of anilines is 3. The number of hydrogen-bond donors (Lipinski definition) is 2. The number of hydrogen-bond acceptors (Lipinski definition) is 4. The van der Waals surface area contributed by atoms with Gasteiger partial charge in [0.2, 0.25) is 5.91 Å². The van der Waals surface area contributed by atoms with Crippen molar-refractivity contribution in [2.75, 3.05) is 35.2 Å². The molecular weight excluding hydrogens is 288 g/mol. The smallest absolute Gasteiger partial charge is 0.243 e. The van der Waals surface area contributed by atoms with Gasteiger partial charge in [-0.2, -0.15) is 0 Å². The van der Waals surface area contributed by atoms with E-state index in [0.717, 1.165) is 30.3 Å². The van der Waals surface area contributed by atoms with Crippen molar-refractivity contribution in [3.63, 3.8) is 0 Å². The molecule has 5 heteroatoms. The summed E-state index contributed by atoms with van der Waals surface area (Å²) in [7, 11) is 0. The van der Waals surface area contributed by atoms with Crippen LogP contribution in [0.1, 0.15) is 19.3 Å². The van der Waals surface area contributed by atoms with E-state index in [4.69, 9.17) is 0 Å². The molecule has 2 heterocycles. The largest absolute Gasteiger partial charge is 0.376 e. The predicted molar refractivity (Wildman–Crippen MR) is 93.9 cm³/mol. The highest BCUT2D eigenvalue weighted by Gasteiger charge is 2.12. The summed E-state index contributed by atoms with van der Waals surface area (Å²) in [6, 6.07) is 13.6. The number of benzene rings is 1. The van der Waals surface area contributed by atoms with Crippen LogP contribution in [-0.2, 0) is 4.79 Å². The lowest BCUT2D eigenvalue weighted by molar-refractivity contribution is -0.114. The fourth-order valence-corrected chi connectivity index (χ4v) is 2.71. The molecular formula is C18H22N4O. The highest BCUT2D eigenvalue weighted by atomic mass is 16.1. The SMILES string of the molecule is O=C(CNc1ccccc1)Nc1ccc(N2CCCCC2)nc1. The van der Waals surface area contributed by atoms with Crippen molar-refractivity contribution >= 4 is 23.1 Å². The molecule has 0 unspecified atom stereocenters. The van der Waals surface area contributed by atoms with Gasteiger partial charge in [-0.1, -0.05) is 18.2 Å². The van der Waals surface area contributed by atoms with Crippen LogP contribution in [0.25, 0.3) is 0 Å². The summed E-state index contributed by atoms with van der Waals surface area (Å²) in [5.74, 6) is 0.909. The van der Waals surface area contributed by atoms with Crippen molar-refractivity contribution in [3.05, 3.63) is 48.7 Å². The third-order valence-corrected chi connectivity index (χ3v) is 3.94. The Morgan fingerprint density at radius 1 is 1.00 bits per heavy atom.